The predicted octanol–water partition coefficient (Wildman–Crippen LogP) is 2.26. The molecule has 0 saturated carbocycles. The van der Waals surface area contributed by atoms with Crippen LogP contribution in [-0.2, 0) is 9.47 Å². The highest BCUT2D eigenvalue weighted by molar-refractivity contribution is 6.21. The van der Waals surface area contributed by atoms with E-state index in [2.05, 4.69) is 10.6 Å². The summed E-state index contributed by atoms with van der Waals surface area (Å²) in [6.07, 6.45) is 1.45. The van der Waals surface area contributed by atoms with Crippen molar-refractivity contribution >= 4 is 23.5 Å². The van der Waals surface area contributed by atoms with Gasteiger partial charge >= 0.3 is 6.03 Å². The molecule has 1 aliphatic heterocycles. The summed E-state index contributed by atoms with van der Waals surface area (Å²) in [4.78, 5) is 38.0. The van der Waals surface area contributed by atoms with Gasteiger partial charge in [0.25, 0.3) is 11.8 Å². The van der Waals surface area contributed by atoms with E-state index >= 15 is 0 Å². The molecule has 0 atom stereocenters. The highest BCUT2D eigenvalue weighted by Gasteiger charge is 2.35. The summed E-state index contributed by atoms with van der Waals surface area (Å²) in [5.41, 5.74) is 1.12. The standard InChI is InChI=1S/C19H27N3O5/c1-13(2)27-11-4-8-20-19(25)21-14-6-7-15-16(12-14)18(24)22(17(15)23)9-5-10-26-3/h6-7,12-13H,4-5,8-11H2,1-3H3,(H2,20,21,25). The SMILES string of the molecule is COCCCN1C(=O)c2ccc(NC(=O)NCCCOC(C)C)cc2C1=O. The number of nitrogens with zero attached hydrogens (tertiary/aromatic N) is 1. The molecule has 2 N–H and O–H groups in total. The lowest BCUT2D eigenvalue weighted by Gasteiger charge is -2.12. The molecule has 0 bridgehead atoms. The molecular weight excluding hydrogens is 350 g/mol. The van der Waals surface area contributed by atoms with E-state index in [1.807, 2.05) is 13.8 Å². The summed E-state index contributed by atoms with van der Waals surface area (Å²) >= 11 is 0. The molecule has 0 aliphatic carbocycles. The second kappa shape index (κ2) is 10.0. The molecule has 8 nitrogen and oxygen atoms in total. The average Bonchev–Trinajstić information content (AvgIpc) is 2.86. The number of fused-ring (bicyclic) bond motifs is 1. The minimum atomic E-state index is -0.367. The summed E-state index contributed by atoms with van der Waals surface area (Å²) in [7, 11) is 1.57. The number of anilines is 1. The Morgan fingerprint density at radius 1 is 1.11 bits per heavy atom. The van der Waals surface area contributed by atoms with Gasteiger partial charge in [-0.15, -0.1) is 0 Å². The highest BCUT2D eigenvalue weighted by atomic mass is 16.5. The molecule has 0 aromatic heterocycles. The second-order valence-corrected chi connectivity index (χ2v) is 6.52. The van der Waals surface area contributed by atoms with Gasteiger partial charge in [-0.2, -0.15) is 0 Å². The van der Waals surface area contributed by atoms with Gasteiger partial charge in [-0.05, 0) is 44.9 Å². The molecule has 0 fully saturated rings. The Morgan fingerprint density at radius 2 is 1.85 bits per heavy atom. The van der Waals surface area contributed by atoms with E-state index in [1.165, 1.54) is 11.0 Å². The van der Waals surface area contributed by atoms with Crippen molar-refractivity contribution in [1.82, 2.24) is 10.2 Å². The first kappa shape index (κ1) is 20.9. The first-order chi connectivity index (χ1) is 12.9. The van der Waals surface area contributed by atoms with Gasteiger partial charge in [0, 0.05) is 39.1 Å². The third kappa shape index (κ3) is 5.77. The Kier molecular flexibility index (Phi) is 7.75. The van der Waals surface area contributed by atoms with Crippen LogP contribution in [0.2, 0.25) is 0 Å². The van der Waals surface area contributed by atoms with E-state index in [1.54, 1.807) is 19.2 Å². The Hall–Kier alpha value is -2.45. The van der Waals surface area contributed by atoms with Crippen LogP contribution in [0, 0.1) is 0 Å². The monoisotopic (exact) mass is 377 g/mol. The number of hydrogen-bond acceptors (Lipinski definition) is 5. The summed E-state index contributed by atoms with van der Waals surface area (Å²) in [5, 5.41) is 5.41. The maximum absolute atomic E-state index is 12.5. The number of methoxy groups -OCH3 is 1. The van der Waals surface area contributed by atoms with Crippen LogP contribution in [-0.4, -0.2) is 62.3 Å². The van der Waals surface area contributed by atoms with Crippen LogP contribution in [0.1, 0.15) is 47.4 Å². The van der Waals surface area contributed by atoms with Gasteiger partial charge in [0.1, 0.15) is 0 Å². The smallest absolute Gasteiger partial charge is 0.319 e. The van der Waals surface area contributed by atoms with E-state index in [0.717, 1.165) is 0 Å². The van der Waals surface area contributed by atoms with Gasteiger partial charge in [0.15, 0.2) is 0 Å². The molecule has 2 rings (SSSR count). The number of carbonyl (C=O) groups excluding carboxylic acids is 3. The van der Waals surface area contributed by atoms with Crippen LogP contribution in [0.4, 0.5) is 10.5 Å². The maximum Gasteiger partial charge on any atom is 0.319 e. The van der Waals surface area contributed by atoms with E-state index in [9.17, 15) is 14.4 Å². The average molecular weight is 377 g/mol. The number of carbonyl (C=O) groups is 3. The number of amides is 4. The Bertz CT molecular complexity index is 690. The molecule has 0 saturated heterocycles. The van der Waals surface area contributed by atoms with Crippen LogP contribution in [0.25, 0.3) is 0 Å². The summed E-state index contributed by atoms with van der Waals surface area (Å²) in [6, 6.07) is 4.35. The van der Waals surface area contributed by atoms with Crippen molar-refractivity contribution in [3.05, 3.63) is 29.3 Å². The van der Waals surface area contributed by atoms with Gasteiger partial charge in [-0.25, -0.2) is 4.79 Å². The molecule has 1 aliphatic rings. The van der Waals surface area contributed by atoms with E-state index < -0.39 is 0 Å². The van der Waals surface area contributed by atoms with Crippen molar-refractivity contribution in [2.24, 2.45) is 0 Å². The zero-order valence-corrected chi connectivity index (χ0v) is 16.0. The van der Waals surface area contributed by atoms with Crippen molar-refractivity contribution in [2.75, 3.05) is 38.7 Å². The Morgan fingerprint density at radius 3 is 2.56 bits per heavy atom. The first-order valence-corrected chi connectivity index (χ1v) is 9.09. The van der Waals surface area contributed by atoms with Crippen LogP contribution in [0.3, 0.4) is 0 Å². The van der Waals surface area contributed by atoms with Crippen LogP contribution in [0.15, 0.2) is 18.2 Å². The van der Waals surface area contributed by atoms with Crippen LogP contribution >= 0.6 is 0 Å². The van der Waals surface area contributed by atoms with E-state index in [0.29, 0.717) is 56.0 Å². The summed E-state index contributed by atoms with van der Waals surface area (Å²) in [6.45, 7) is 5.75. The largest absolute Gasteiger partial charge is 0.385 e. The molecule has 1 aromatic carbocycles. The van der Waals surface area contributed by atoms with Crippen molar-refractivity contribution in [3.8, 4) is 0 Å². The molecule has 8 heteroatoms. The minimum Gasteiger partial charge on any atom is -0.385 e. The zero-order chi connectivity index (χ0) is 19.8. The minimum absolute atomic E-state index is 0.166. The van der Waals surface area contributed by atoms with E-state index in [-0.39, 0.29) is 23.9 Å². The van der Waals surface area contributed by atoms with Crippen molar-refractivity contribution in [3.63, 3.8) is 0 Å². The highest BCUT2D eigenvalue weighted by Crippen LogP contribution is 2.26. The lowest BCUT2D eigenvalue weighted by Crippen LogP contribution is -2.31. The molecule has 4 amide bonds. The van der Waals surface area contributed by atoms with Crippen molar-refractivity contribution in [2.45, 2.75) is 32.8 Å². The molecule has 1 heterocycles. The molecule has 0 radical (unpaired) electrons. The second-order valence-electron chi connectivity index (χ2n) is 6.52. The fourth-order valence-corrected chi connectivity index (χ4v) is 2.71. The number of nitrogens with one attached hydrogen (secondary N) is 2. The van der Waals surface area contributed by atoms with Gasteiger partial charge < -0.3 is 20.1 Å². The number of imide groups is 1. The summed E-state index contributed by atoms with van der Waals surface area (Å²) < 4.78 is 10.4. The zero-order valence-electron chi connectivity index (χ0n) is 16.0. The molecule has 0 unspecified atom stereocenters. The van der Waals surface area contributed by atoms with Gasteiger partial charge in [-0.1, -0.05) is 0 Å². The van der Waals surface area contributed by atoms with E-state index in [4.69, 9.17) is 9.47 Å². The third-order valence-corrected chi connectivity index (χ3v) is 4.02. The molecule has 1 aromatic rings. The first-order valence-electron chi connectivity index (χ1n) is 9.09. The molecular formula is C19H27N3O5. The molecule has 27 heavy (non-hydrogen) atoms. The van der Waals surface area contributed by atoms with Crippen LogP contribution < -0.4 is 10.6 Å². The summed E-state index contributed by atoms with van der Waals surface area (Å²) in [5.74, 6) is -0.659. The predicted molar refractivity (Wildman–Crippen MR) is 101 cm³/mol. The third-order valence-electron chi connectivity index (χ3n) is 4.02. The number of rotatable bonds is 10. The normalized spacial score (nSPS) is 13.3. The lowest BCUT2D eigenvalue weighted by atomic mass is 10.1. The fraction of sp³-hybridized carbons (Fsp3) is 0.526. The van der Waals surface area contributed by atoms with Gasteiger partial charge in [-0.3, -0.25) is 14.5 Å². The topological polar surface area (TPSA) is 97.0 Å². The fourth-order valence-electron chi connectivity index (χ4n) is 2.71. The van der Waals surface area contributed by atoms with Crippen LogP contribution in [0.5, 0.6) is 0 Å². The maximum atomic E-state index is 12.5. The van der Waals surface area contributed by atoms with Crippen molar-refractivity contribution < 1.29 is 23.9 Å². The quantitative estimate of drug-likeness (QED) is 0.481. The Labute approximate surface area is 159 Å². The van der Waals surface area contributed by atoms with Gasteiger partial charge in [0.05, 0.1) is 17.2 Å². The Balaban J connectivity index is 1.88. The van der Waals surface area contributed by atoms with Crippen molar-refractivity contribution in [1.29, 1.82) is 0 Å². The number of benzene rings is 1. The number of ether oxygens (including phenoxy) is 2. The molecule has 0 spiro atoms. The number of hydrogen-bond donors (Lipinski definition) is 2. The lowest BCUT2D eigenvalue weighted by molar-refractivity contribution is 0.0638. The molecule has 148 valence electrons. The number of urea groups is 1. The van der Waals surface area contributed by atoms with Gasteiger partial charge in [0.2, 0.25) is 0 Å².